The quantitative estimate of drug-likeness (QED) is 0.675. The van der Waals surface area contributed by atoms with Crippen molar-refractivity contribution in [2.75, 3.05) is 6.54 Å². The van der Waals surface area contributed by atoms with Crippen LogP contribution in [-0.2, 0) is 3.79 Å². The van der Waals surface area contributed by atoms with Crippen LogP contribution in [-0.4, -0.2) is 12.3 Å². The molecule has 2 nitrogen and oxygen atoms in total. The first-order valence-electron chi connectivity index (χ1n) is 4.35. The molecular formula is C10H10Cl3NO. The molecule has 0 atom stereocenters. The fourth-order valence-electron chi connectivity index (χ4n) is 1.12. The van der Waals surface area contributed by atoms with Gasteiger partial charge in [-0.05, 0) is 6.54 Å². The van der Waals surface area contributed by atoms with E-state index in [4.69, 9.17) is 40.5 Å². The van der Waals surface area contributed by atoms with E-state index < -0.39 is 3.79 Å². The van der Waals surface area contributed by atoms with E-state index in [2.05, 4.69) is 0 Å². The first kappa shape index (κ1) is 12.8. The van der Waals surface area contributed by atoms with E-state index in [9.17, 15) is 4.79 Å². The summed E-state index contributed by atoms with van der Waals surface area (Å²) in [6.45, 7) is 0.338. The standard InChI is InChI=1S/C10H10Cl3NO/c11-10(12,13)8-3-1-7(2-4-8)9(15)5-6-14/h1-4H,5-6,14H2. The van der Waals surface area contributed by atoms with Gasteiger partial charge in [0.15, 0.2) is 5.78 Å². The zero-order valence-electron chi connectivity index (χ0n) is 7.84. The minimum atomic E-state index is -1.45. The number of alkyl halides is 3. The number of benzene rings is 1. The summed E-state index contributed by atoms with van der Waals surface area (Å²) in [5.74, 6) is -0.00614. The molecule has 1 aromatic carbocycles. The van der Waals surface area contributed by atoms with Gasteiger partial charge in [0.2, 0.25) is 3.79 Å². The lowest BCUT2D eigenvalue weighted by Crippen LogP contribution is -2.08. The Hall–Kier alpha value is -0.280. The van der Waals surface area contributed by atoms with Crippen molar-refractivity contribution >= 4 is 40.6 Å². The molecule has 0 spiro atoms. The van der Waals surface area contributed by atoms with E-state index in [1.807, 2.05) is 0 Å². The molecule has 5 heteroatoms. The van der Waals surface area contributed by atoms with Gasteiger partial charge < -0.3 is 5.73 Å². The first-order valence-corrected chi connectivity index (χ1v) is 5.49. The van der Waals surface area contributed by atoms with Crippen LogP contribution in [0.4, 0.5) is 0 Å². The molecule has 0 unspecified atom stereocenters. The lowest BCUT2D eigenvalue weighted by atomic mass is 10.1. The Morgan fingerprint density at radius 3 is 2.13 bits per heavy atom. The molecule has 1 aromatic rings. The molecule has 1 rings (SSSR count). The Labute approximate surface area is 103 Å². The third-order valence-corrected chi connectivity index (χ3v) is 2.56. The van der Waals surface area contributed by atoms with Gasteiger partial charge in [-0.15, -0.1) is 0 Å². The molecule has 0 bridgehead atoms. The maximum Gasteiger partial charge on any atom is 0.216 e. The smallest absolute Gasteiger partial charge is 0.216 e. The Kier molecular flexibility index (Phi) is 4.41. The number of halogens is 3. The van der Waals surface area contributed by atoms with Crippen LogP contribution >= 0.6 is 34.8 Å². The molecular weight excluding hydrogens is 256 g/mol. The van der Waals surface area contributed by atoms with Gasteiger partial charge in [0, 0.05) is 17.5 Å². The van der Waals surface area contributed by atoms with Gasteiger partial charge in [0.25, 0.3) is 0 Å². The van der Waals surface area contributed by atoms with Crippen LogP contribution in [0.2, 0.25) is 0 Å². The second-order valence-electron chi connectivity index (χ2n) is 3.04. The predicted molar refractivity (Wildman–Crippen MR) is 63.7 cm³/mol. The minimum absolute atomic E-state index is 0.00614. The lowest BCUT2D eigenvalue weighted by molar-refractivity contribution is 0.0985. The summed E-state index contributed by atoms with van der Waals surface area (Å²) in [4.78, 5) is 11.4. The van der Waals surface area contributed by atoms with E-state index in [1.54, 1.807) is 24.3 Å². The summed E-state index contributed by atoms with van der Waals surface area (Å²) >= 11 is 17.0. The second-order valence-corrected chi connectivity index (χ2v) is 5.32. The predicted octanol–water partition coefficient (Wildman–Crippen LogP) is 3.04. The molecule has 0 aliphatic heterocycles. The highest BCUT2D eigenvalue weighted by atomic mass is 35.6. The molecule has 0 amide bonds. The highest BCUT2D eigenvalue weighted by Crippen LogP contribution is 2.37. The SMILES string of the molecule is NCCC(=O)c1ccc(C(Cl)(Cl)Cl)cc1. The van der Waals surface area contributed by atoms with Crippen molar-refractivity contribution in [2.24, 2.45) is 5.73 Å². The first-order chi connectivity index (χ1) is 6.95. The fraction of sp³-hybridized carbons (Fsp3) is 0.300. The number of hydrogen-bond donors (Lipinski definition) is 1. The molecule has 0 aliphatic rings. The van der Waals surface area contributed by atoms with Gasteiger partial charge >= 0.3 is 0 Å². The molecule has 0 fully saturated rings. The van der Waals surface area contributed by atoms with Crippen molar-refractivity contribution in [1.29, 1.82) is 0 Å². The van der Waals surface area contributed by atoms with Crippen LogP contribution in [0.3, 0.4) is 0 Å². The van der Waals surface area contributed by atoms with E-state index in [-0.39, 0.29) is 5.78 Å². The zero-order chi connectivity index (χ0) is 11.5. The zero-order valence-corrected chi connectivity index (χ0v) is 10.1. The van der Waals surface area contributed by atoms with Gasteiger partial charge in [0.05, 0.1) is 0 Å². The third-order valence-electron chi connectivity index (χ3n) is 1.91. The number of nitrogens with two attached hydrogens (primary N) is 1. The van der Waals surface area contributed by atoms with Crippen molar-refractivity contribution in [3.63, 3.8) is 0 Å². The molecule has 0 heterocycles. The van der Waals surface area contributed by atoms with E-state index in [0.717, 1.165) is 0 Å². The van der Waals surface area contributed by atoms with Crippen LogP contribution in [0.25, 0.3) is 0 Å². The van der Waals surface area contributed by atoms with Crippen molar-refractivity contribution in [1.82, 2.24) is 0 Å². The number of hydrogen-bond acceptors (Lipinski definition) is 2. The topological polar surface area (TPSA) is 43.1 Å². The van der Waals surface area contributed by atoms with E-state index >= 15 is 0 Å². The number of Topliss-reactive ketones (excluding diaryl/α,β-unsaturated/α-hetero) is 1. The summed E-state index contributed by atoms with van der Waals surface area (Å²) in [5.41, 5.74) is 6.40. The summed E-state index contributed by atoms with van der Waals surface area (Å²) in [6, 6.07) is 6.51. The summed E-state index contributed by atoms with van der Waals surface area (Å²) < 4.78 is -1.45. The Balaban J connectivity index is 2.86. The Bertz CT molecular complexity index is 343. The van der Waals surface area contributed by atoms with Crippen LogP contribution in [0.5, 0.6) is 0 Å². The van der Waals surface area contributed by atoms with Crippen molar-refractivity contribution in [3.05, 3.63) is 35.4 Å². The van der Waals surface area contributed by atoms with Crippen LogP contribution in [0, 0.1) is 0 Å². The average Bonchev–Trinajstić information content (AvgIpc) is 2.17. The molecule has 0 aromatic heterocycles. The number of carbonyl (C=O) groups excluding carboxylic acids is 1. The second kappa shape index (κ2) is 5.17. The molecule has 15 heavy (non-hydrogen) atoms. The fourth-order valence-corrected chi connectivity index (χ4v) is 1.50. The Morgan fingerprint density at radius 2 is 1.73 bits per heavy atom. The largest absolute Gasteiger partial charge is 0.330 e. The van der Waals surface area contributed by atoms with Crippen molar-refractivity contribution in [3.8, 4) is 0 Å². The van der Waals surface area contributed by atoms with Gasteiger partial charge in [-0.3, -0.25) is 4.79 Å². The maximum atomic E-state index is 11.4. The highest BCUT2D eigenvalue weighted by Gasteiger charge is 2.22. The summed E-state index contributed by atoms with van der Waals surface area (Å²) in [6.07, 6.45) is 0.327. The van der Waals surface area contributed by atoms with Crippen LogP contribution < -0.4 is 5.73 Å². The van der Waals surface area contributed by atoms with Gasteiger partial charge in [0.1, 0.15) is 0 Å². The van der Waals surface area contributed by atoms with E-state index in [1.165, 1.54) is 0 Å². The highest BCUT2D eigenvalue weighted by molar-refractivity contribution is 6.66. The maximum absolute atomic E-state index is 11.4. The molecule has 82 valence electrons. The molecule has 2 N–H and O–H groups in total. The number of carbonyl (C=O) groups is 1. The monoisotopic (exact) mass is 265 g/mol. The van der Waals surface area contributed by atoms with Crippen molar-refractivity contribution < 1.29 is 4.79 Å². The summed E-state index contributed by atoms with van der Waals surface area (Å²) in [7, 11) is 0. The lowest BCUT2D eigenvalue weighted by Gasteiger charge is -2.11. The third kappa shape index (κ3) is 3.65. The molecule has 0 saturated carbocycles. The van der Waals surface area contributed by atoms with Gasteiger partial charge in [-0.25, -0.2) is 0 Å². The number of rotatable bonds is 3. The van der Waals surface area contributed by atoms with Gasteiger partial charge in [-0.2, -0.15) is 0 Å². The number of ketones is 1. The van der Waals surface area contributed by atoms with E-state index in [0.29, 0.717) is 24.1 Å². The average molecular weight is 267 g/mol. The molecule has 0 radical (unpaired) electrons. The van der Waals surface area contributed by atoms with Crippen LogP contribution in [0.1, 0.15) is 22.3 Å². The van der Waals surface area contributed by atoms with Crippen LogP contribution in [0.15, 0.2) is 24.3 Å². The summed E-state index contributed by atoms with van der Waals surface area (Å²) in [5, 5.41) is 0. The minimum Gasteiger partial charge on any atom is -0.330 e. The molecule has 0 aliphatic carbocycles. The van der Waals surface area contributed by atoms with Crippen molar-refractivity contribution in [2.45, 2.75) is 10.2 Å². The Morgan fingerprint density at radius 1 is 1.20 bits per heavy atom. The normalized spacial score (nSPS) is 11.5. The van der Waals surface area contributed by atoms with Gasteiger partial charge in [-0.1, -0.05) is 59.1 Å². The molecule has 0 saturated heterocycles.